The number of nitrogens with zero attached hydrogens (tertiary/aromatic N) is 1. The first kappa shape index (κ1) is 15.1. The van der Waals surface area contributed by atoms with Crippen molar-refractivity contribution in [3.63, 3.8) is 0 Å². The monoisotopic (exact) mass is 336 g/mol. The number of rotatable bonds is 2. The predicted octanol–water partition coefficient (Wildman–Crippen LogP) is 3.10. The standard InChI is InChI=1S/C18H13FN4O2/c1-9-13(6-10-2-3-11(19)7-15(10)20-9)17(24)21-12-4-5-14-16(8-12)23-18(25)22-14/h2-8H,1H3,(H,21,24)(H2,22,23,25). The summed E-state index contributed by atoms with van der Waals surface area (Å²) in [4.78, 5) is 33.5. The summed E-state index contributed by atoms with van der Waals surface area (Å²) in [6, 6.07) is 11.0. The number of halogens is 1. The van der Waals surface area contributed by atoms with Gasteiger partial charge in [-0.2, -0.15) is 0 Å². The van der Waals surface area contributed by atoms with Crippen LogP contribution in [0.3, 0.4) is 0 Å². The van der Waals surface area contributed by atoms with Crippen LogP contribution >= 0.6 is 0 Å². The fourth-order valence-corrected chi connectivity index (χ4v) is 2.78. The zero-order chi connectivity index (χ0) is 17.6. The van der Waals surface area contributed by atoms with Gasteiger partial charge in [-0.05, 0) is 43.3 Å². The molecular formula is C18H13FN4O2. The fourth-order valence-electron chi connectivity index (χ4n) is 2.78. The van der Waals surface area contributed by atoms with Crippen LogP contribution in [0.1, 0.15) is 16.1 Å². The number of fused-ring (bicyclic) bond motifs is 2. The average Bonchev–Trinajstić information content (AvgIpc) is 2.93. The zero-order valence-electron chi connectivity index (χ0n) is 13.2. The number of carbonyl (C=O) groups is 1. The molecule has 2 aromatic carbocycles. The van der Waals surface area contributed by atoms with Gasteiger partial charge in [0, 0.05) is 17.1 Å². The number of imidazole rings is 1. The number of carbonyl (C=O) groups excluding carboxylic acids is 1. The first-order chi connectivity index (χ1) is 12.0. The Balaban J connectivity index is 1.69. The minimum Gasteiger partial charge on any atom is -0.322 e. The maximum absolute atomic E-state index is 13.3. The Kier molecular flexibility index (Phi) is 3.35. The Hall–Kier alpha value is -3.48. The first-order valence-electron chi connectivity index (χ1n) is 7.60. The molecule has 4 rings (SSSR count). The largest absolute Gasteiger partial charge is 0.323 e. The molecule has 0 radical (unpaired) electrons. The maximum atomic E-state index is 13.3. The molecule has 0 spiro atoms. The van der Waals surface area contributed by atoms with Crippen molar-refractivity contribution in [2.75, 3.05) is 5.32 Å². The predicted molar refractivity (Wildman–Crippen MR) is 93.3 cm³/mol. The number of benzene rings is 2. The number of pyridine rings is 1. The second-order valence-electron chi connectivity index (χ2n) is 5.75. The molecule has 0 saturated heterocycles. The molecule has 0 unspecified atom stereocenters. The van der Waals surface area contributed by atoms with Gasteiger partial charge in [0.1, 0.15) is 5.82 Å². The Morgan fingerprint density at radius 3 is 2.72 bits per heavy atom. The highest BCUT2D eigenvalue weighted by Gasteiger charge is 2.13. The van der Waals surface area contributed by atoms with E-state index in [1.54, 1.807) is 37.3 Å². The molecule has 0 aliphatic rings. The van der Waals surface area contributed by atoms with Gasteiger partial charge in [0.05, 0.1) is 27.8 Å². The van der Waals surface area contributed by atoms with E-state index < -0.39 is 0 Å². The summed E-state index contributed by atoms with van der Waals surface area (Å²) in [5.41, 5.74) is 2.92. The van der Waals surface area contributed by atoms with Crippen LogP contribution in [0.25, 0.3) is 21.9 Å². The minimum absolute atomic E-state index is 0.305. The van der Waals surface area contributed by atoms with Crippen molar-refractivity contribution in [3.05, 3.63) is 70.0 Å². The van der Waals surface area contributed by atoms with Crippen LogP contribution in [0.2, 0.25) is 0 Å². The second-order valence-corrected chi connectivity index (χ2v) is 5.75. The molecule has 0 atom stereocenters. The van der Waals surface area contributed by atoms with Gasteiger partial charge in [-0.25, -0.2) is 9.18 Å². The summed E-state index contributed by atoms with van der Waals surface area (Å²) in [6.07, 6.45) is 0. The third-order valence-corrected chi connectivity index (χ3v) is 3.99. The third kappa shape index (κ3) is 2.76. The van der Waals surface area contributed by atoms with E-state index in [2.05, 4.69) is 20.3 Å². The van der Waals surface area contributed by atoms with Crippen molar-refractivity contribution in [2.45, 2.75) is 6.92 Å². The van der Waals surface area contributed by atoms with Gasteiger partial charge in [-0.15, -0.1) is 0 Å². The van der Waals surface area contributed by atoms with Crippen LogP contribution in [0.4, 0.5) is 10.1 Å². The highest BCUT2D eigenvalue weighted by molar-refractivity contribution is 6.07. The summed E-state index contributed by atoms with van der Waals surface area (Å²) in [5.74, 6) is -0.696. The van der Waals surface area contributed by atoms with E-state index in [1.807, 2.05) is 0 Å². The van der Waals surface area contributed by atoms with Gasteiger partial charge in [-0.3, -0.25) is 9.78 Å². The number of anilines is 1. The van der Waals surface area contributed by atoms with Crippen LogP contribution in [-0.2, 0) is 0 Å². The van der Waals surface area contributed by atoms with Crippen molar-refractivity contribution in [1.29, 1.82) is 0 Å². The lowest BCUT2D eigenvalue weighted by Crippen LogP contribution is -2.14. The minimum atomic E-state index is -0.370. The van der Waals surface area contributed by atoms with E-state index in [0.29, 0.717) is 38.9 Å². The van der Waals surface area contributed by atoms with Crippen LogP contribution in [0.5, 0.6) is 0 Å². The molecule has 0 saturated carbocycles. The fraction of sp³-hybridized carbons (Fsp3) is 0.0556. The van der Waals surface area contributed by atoms with Gasteiger partial charge in [-0.1, -0.05) is 0 Å². The highest BCUT2D eigenvalue weighted by Crippen LogP contribution is 2.20. The zero-order valence-corrected chi connectivity index (χ0v) is 13.2. The lowest BCUT2D eigenvalue weighted by molar-refractivity contribution is 0.102. The lowest BCUT2D eigenvalue weighted by Gasteiger charge is -2.09. The first-order valence-corrected chi connectivity index (χ1v) is 7.60. The number of aromatic amines is 2. The van der Waals surface area contributed by atoms with E-state index in [0.717, 1.165) is 0 Å². The molecule has 0 fully saturated rings. The van der Waals surface area contributed by atoms with Gasteiger partial charge in [0.15, 0.2) is 0 Å². The van der Waals surface area contributed by atoms with Gasteiger partial charge in [0.25, 0.3) is 5.91 Å². The highest BCUT2D eigenvalue weighted by atomic mass is 19.1. The summed E-state index contributed by atoms with van der Waals surface area (Å²) in [6.45, 7) is 1.70. The average molecular weight is 336 g/mol. The second kappa shape index (κ2) is 5.55. The SMILES string of the molecule is Cc1nc2cc(F)ccc2cc1C(=O)Nc1ccc2[nH]c(=O)[nH]c2c1. The quantitative estimate of drug-likeness (QED) is 0.525. The number of aryl methyl sites for hydroxylation is 1. The van der Waals surface area contributed by atoms with Crippen LogP contribution in [0.15, 0.2) is 47.3 Å². The summed E-state index contributed by atoms with van der Waals surface area (Å²) >= 11 is 0. The molecule has 4 aromatic rings. The van der Waals surface area contributed by atoms with E-state index in [9.17, 15) is 14.0 Å². The molecule has 0 bridgehead atoms. The number of H-pyrrole nitrogens is 2. The van der Waals surface area contributed by atoms with Crippen molar-refractivity contribution in [3.8, 4) is 0 Å². The molecule has 1 amide bonds. The van der Waals surface area contributed by atoms with Crippen molar-refractivity contribution >= 4 is 33.5 Å². The summed E-state index contributed by atoms with van der Waals surface area (Å²) < 4.78 is 13.3. The summed E-state index contributed by atoms with van der Waals surface area (Å²) in [5, 5.41) is 3.47. The summed E-state index contributed by atoms with van der Waals surface area (Å²) in [7, 11) is 0. The van der Waals surface area contributed by atoms with Crippen molar-refractivity contribution < 1.29 is 9.18 Å². The van der Waals surface area contributed by atoms with Gasteiger partial charge < -0.3 is 15.3 Å². The van der Waals surface area contributed by atoms with Crippen LogP contribution < -0.4 is 11.0 Å². The Labute approximate surface area is 140 Å². The number of hydrogen-bond acceptors (Lipinski definition) is 3. The van der Waals surface area contributed by atoms with Crippen molar-refractivity contribution in [1.82, 2.24) is 15.0 Å². The third-order valence-electron chi connectivity index (χ3n) is 3.99. The van der Waals surface area contributed by atoms with Crippen LogP contribution in [0, 0.1) is 12.7 Å². The number of hydrogen-bond donors (Lipinski definition) is 3. The molecule has 3 N–H and O–H groups in total. The van der Waals surface area contributed by atoms with E-state index in [4.69, 9.17) is 0 Å². The van der Waals surface area contributed by atoms with Gasteiger partial charge >= 0.3 is 5.69 Å². The molecule has 25 heavy (non-hydrogen) atoms. The smallest absolute Gasteiger partial charge is 0.322 e. The normalized spacial score (nSPS) is 11.1. The van der Waals surface area contributed by atoms with Gasteiger partial charge in [0.2, 0.25) is 0 Å². The van der Waals surface area contributed by atoms with E-state index in [-0.39, 0.29) is 17.4 Å². The number of aromatic nitrogens is 3. The topological polar surface area (TPSA) is 90.6 Å². The maximum Gasteiger partial charge on any atom is 0.323 e. The van der Waals surface area contributed by atoms with E-state index in [1.165, 1.54) is 12.1 Å². The molecule has 124 valence electrons. The molecule has 0 aliphatic carbocycles. The molecule has 0 aliphatic heterocycles. The molecule has 7 heteroatoms. The lowest BCUT2D eigenvalue weighted by atomic mass is 10.1. The van der Waals surface area contributed by atoms with Crippen molar-refractivity contribution in [2.24, 2.45) is 0 Å². The molecular weight excluding hydrogens is 323 g/mol. The Morgan fingerprint density at radius 2 is 1.88 bits per heavy atom. The Bertz CT molecular complexity index is 1190. The molecule has 6 nitrogen and oxygen atoms in total. The van der Waals surface area contributed by atoms with E-state index >= 15 is 0 Å². The van der Waals surface area contributed by atoms with Crippen LogP contribution in [-0.4, -0.2) is 20.9 Å². The number of amides is 1. The Morgan fingerprint density at radius 1 is 1.08 bits per heavy atom. The molecule has 2 aromatic heterocycles. The number of nitrogens with one attached hydrogen (secondary N) is 3. The molecule has 2 heterocycles.